The molecule has 0 spiro atoms. The van der Waals surface area contributed by atoms with Crippen molar-refractivity contribution in [3.05, 3.63) is 53.5 Å². The molecule has 1 aromatic carbocycles. The molecule has 46 heavy (non-hydrogen) atoms. The van der Waals surface area contributed by atoms with Crippen molar-refractivity contribution >= 4 is 29.7 Å². The van der Waals surface area contributed by atoms with Gasteiger partial charge in [-0.25, -0.2) is 18.7 Å². The first-order chi connectivity index (χ1) is 21.7. The molecule has 0 unspecified atom stereocenters. The lowest BCUT2D eigenvalue weighted by atomic mass is 9.94. The fourth-order valence-corrected chi connectivity index (χ4v) is 5.98. The molecule has 12 nitrogen and oxygen atoms in total. The topological polar surface area (TPSA) is 122 Å². The molecule has 0 atom stereocenters. The van der Waals surface area contributed by atoms with Gasteiger partial charge < -0.3 is 24.6 Å². The van der Waals surface area contributed by atoms with Gasteiger partial charge in [-0.2, -0.15) is 5.10 Å². The molecule has 4 heterocycles. The number of anilines is 1. The van der Waals surface area contributed by atoms with Crippen LogP contribution in [0.25, 0.3) is 5.65 Å². The second kappa shape index (κ2) is 13.2. The van der Waals surface area contributed by atoms with E-state index in [1.165, 1.54) is 15.6 Å². The van der Waals surface area contributed by atoms with Gasteiger partial charge in [-0.05, 0) is 83.7 Å². The van der Waals surface area contributed by atoms with Crippen LogP contribution in [0.4, 0.5) is 14.9 Å². The number of aromatic nitrogens is 3. The third-order valence-corrected chi connectivity index (χ3v) is 8.19. The Kier molecular flexibility index (Phi) is 9.52. The van der Waals surface area contributed by atoms with Gasteiger partial charge in [0.2, 0.25) is 6.41 Å². The van der Waals surface area contributed by atoms with Crippen LogP contribution in [-0.2, 0) is 16.1 Å². The largest absolute Gasteiger partial charge is 0.489 e. The lowest BCUT2D eigenvalue weighted by Crippen LogP contribution is -2.66. The van der Waals surface area contributed by atoms with E-state index in [1.807, 2.05) is 32.9 Å². The summed E-state index contributed by atoms with van der Waals surface area (Å²) in [6.07, 6.45) is 6.44. The number of alkyl halides is 1. The highest BCUT2D eigenvalue weighted by Crippen LogP contribution is 2.33. The van der Waals surface area contributed by atoms with Gasteiger partial charge >= 0.3 is 6.09 Å². The molecule has 0 bridgehead atoms. The minimum atomic E-state index is -1.47. The summed E-state index contributed by atoms with van der Waals surface area (Å²) in [6, 6.07) is 5.46. The summed E-state index contributed by atoms with van der Waals surface area (Å²) in [5.74, 6) is 0.157. The van der Waals surface area contributed by atoms with Crippen LogP contribution in [0, 0.1) is 6.92 Å². The number of amides is 3. The third kappa shape index (κ3) is 7.75. The summed E-state index contributed by atoms with van der Waals surface area (Å²) in [6.45, 7) is 13.1. The van der Waals surface area contributed by atoms with E-state index in [9.17, 15) is 14.4 Å². The Balaban J connectivity index is 1.22. The number of rotatable bonds is 10. The zero-order valence-corrected chi connectivity index (χ0v) is 27.5. The standard InChI is InChI=1S/C33H44FN7O5/c1-22(2)45-28-14-23(3)24(15-27(28)37-30(43)26-16-36-41-11-7-10-35-29(26)41)17-39(21-42)25-8-12-38(13-9-25)18-33(34)19-40(20-33)31(44)46-32(4,5)6/h7,10-11,14-16,21-22,25H,8-9,12-13,17-20H2,1-6H3,(H,37,43). The zero-order chi connectivity index (χ0) is 33.2. The molecule has 0 saturated carbocycles. The predicted molar refractivity (Wildman–Crippen MR) is 171 cm³/mol. The molecule has 5 rings (SSSR count). The number of piperidine rings is 1. The number of benzene rings is 1. The van der Waals surface area contributed by atoms with Crippen LogP contribution in [0.2, 0.25) is 0 Å². The fourth-order valence-electron chi connectivity index (χ4n) is 5.98. The van der Waals surface area contributed by atoms with Crippen LogP contribution in [-0.4, -0.2) is 104 Å². The predicted octanol–water partition coefficient (Wildman–Crippen LogP) is 4.46. The number of nitrogens with one attached hydrogen (secondary N) is 1. The SMILES string of the molecule is Cc1cc(OC(C)C)c(NC(=O)c2cnn3cccnc23)cc1CN(C=O)C1CCN(CC2(F)CN(C(=O)OC(C)(C)C)C2)CC1. The van der Waals surface area contributed by atoms with Crippen LogP contribution in [0.3, 0.4) is 0 Å². The van der Waals surface area contributed by atoms with Gasteiger partial charge in [-0.15, -0.1) is 0 Å². The quantitative estimate of drug-likeness (QED) is 0.324. The molecule has 2 fully saturated rings. The number of fused-ring (bicyclic) bond motifs is 1. The molecule has 0 aliphatic carbocycles. The second-order valence-corrected chi connectivity index (χ2v) is 13.6. The fraction of sp³-hybridized carbons (Fsp3) is 0.545. The summed E-state index contributed by atoms with van der Waals surface area (Å²) in [5.41, 5.74) is 0.967. The lowest BCUT2D eigenvalue weighted by Gasteiger charge is -2.47. The van der Waals surface area contributed by atoms with E-state index in [0.29, 0.717) is 55.1 Å². The lowest BCUT2D eigenvalue weighted by molar-refractivity contribution is -0.122. The van der Waals surface area contributed by atoms with E-state index < -0.39 is 17.4 Å². The number of carbonyl (C=O) groups excluding carboxylic acids is 3. The van der Waals surface area contributed by atoms with Crippen molar-refractivity contribution in [3.63, 3.8) is 0 Å². The van der Waals surface area contributed by atoms with Crippen molar-refractivity contribution in [3.8, 4) is 5.75 Å². The number of carbonyl (C=O) groups is 3. The maximum atomic E-state index is 15.4. The second-order valence-electron chi connectivity index (χ2n) is 13.6. The van der Waals surface area contributed by atoms with Gasteiger partial charge in [-0.1, -0.05) is 0 Å². The minimum Gasteiger partial charge on any atom is -0.489 e. The van der Waals surface area contributed by atoms with Gasteiger partial charge in [0.15, 0.2) is 11.3 Å². The van der Waals surface area contributed by atoms with Crippen molar-refractivity contribution in [2.24, 2.45) is 0 Å². The van der Waals surface area contributed by atoms with Crippen molar-refractivity contribution in [1.82, 2.24) is 29.3 Å². The third-order valence-electron chi connectivity index (χ3n) is 8.19. The molecule has 3 aromatic rings. The Morgan fingerprint density at radius 3 is 2.59 bits per heavy atom. The number of halogens is 1. The maximum Gasteiger partial charge on any atom is 0.410 e. The molecular weight excluding hydrogens is 593 g/mol. The molecule has 0 radical (unpaired) electrons. The Morgan fingerprint density at radius 1 is 1.22 bits per heavy atom. The van der Waals surface area contributed by atoms with Crippen molar-refractivity contribution in [2.75, 3.05) is 38.0 Å². The molecule has 2 aliphatic rings. The smallest absolute Gasteiger partial charge is 0.410 e. The van der Waals surface area contributed by atoms with Crippen LogP contribution in [0.5, 0.6) is 5.75 Å². The van der Waals surface area contributed by atoms with E-state index in [2.05, 4.69) is 20.3 Å². The Hall–Kier alpha value is -4.26. The molecule has 2 aromatic heterocycles. The zero-order valence-electron chi connectivity index (χ0n) is 27.5. The van der Waals surface area contributed by atoms with Crippen molar-refractivity contribution in [1.29, 1.82) is 0 Å². The van der Waals surface area contributed by atoms with Crippen molar-refractivity contribution < 1.29 is 28.2 Å². The van der Waals surface area contributed by atoms with E-state index in [0.717, 1.165) is 17.5 Å². The highest BCUT2D eigenvalue weighted by molar-refractivity contribution is 6.08. The van der Waals surface area contributed by atoms with Gasteiger partial charge in [-0.3, -0.25) is 14.5 Å². The monoisotopic (exact) mass is 637 g/mol. The van der Waals surface area contributed by atoms with Crippen LogP contribution in [0.1, 0.15) is 68.9 Å². The average Bonchev–Trinajstić information content (AvgIpc) is 3.40. The first-order valence-electron chi connectivity index (χ1n) is 15.7. The maximum absolute atomic E-state index is 15.4. The summed E-state index contributed by atoms with van der Waals surface area (Å²) in [7, 11) is 0. The van der Waals surface area contributed by atoms with E-state index in [4.69, 9.17) is 9.47 Å². The summed E-state index contributed by atoms with van der Waals surface area (Å²) >= 11 is 0. The number of aryl methyl sites for hydroxylation is 1. The molecule has 1 N–H and O–H groups in total. The van der Waals surface area contributed by atoms with Crippen LogP contribution < -0.4 is 10.1 Å². The minimum absolute atomic E-state index is 0.0159. The van der Waals surface area contributed by atoms with Crippen LogP contribution in [0.15, 0.2) is 36.8 Å². The highest BCUT2D eigenvalue weighted by atomic mass is 19.1. The Bertz CT molecular complexity index is 1570. The normalized spacial score (nSPS) is 17.1. The first-order valence-corrected chi connectivity index (χ1v) is 15.7. The molecule has 248 valence electrons. The first kappa shape index (κ1) is 33.1. The Morgan fingerprint density at radius 2 is 1.93 bits per heavy atom. The number of hydrogen-bond donors (Lipinski definition) is 1. The number of hydrogen-bond acceptors (Lipinski definition) is 8. The molecule has 13 heteroatoms. The summed E-state index contributed by atoms with van der Waals surface area (Å²) in [5, 5.41) is 7.18. The summed E-state index contributed by atoms with van der Waals surface area (Å²) < 4.78 is 28.3. The van der Waals surface area contributed by atoms with Gasteiger partial charge in [0, 0.05) is 44.6 Å². The average molecular weight is 638 g/mol. The van der Waals surface area contributed by atoms with Crippen molar-refractivity contribution in [2.45, 2.75) is 84.3 Å². The van der Waals surface area contributed by atoms with E-state index in [-0.39, 0.29) is 37.7 Å². The van der Waals surface area contributed by atoms with Gasteiger partial charge in [0.05, 0.1) is 31.1 Å². The molecule has 2 saturated heterocycles. The summed E-state index contributed by atoms with van der Waals surface area (Å²) in [4.78, 5) is 47.4. The van der Waals surface area contributed by atoms with Gasteiger partial charge in [0.1, 0.15) is 16.9 Å². The van der Waals surface area contributed by atoms with E-state index in [1.54, 1.807) is 44.1 Å². The number of likely N-dealkylation sites (tertiary alicyclic amines) is 2. The molecular formula is C33H44FN7O5. The highest BCUT2D eigenvalue weighted by Gasteiger charge is 2.48. The number of ether oxygens (including phenoxy) is 2. The van der Waals surface area contributed by atoms with Crippen LogP contribution >= 0.6 is 0 Å². The molecule has 2 aliphatic heterocycles. The Labute approximate surface area is 268 Å². The molecule has 3 amide bonds. The van der Waals surface area contributed by atoms with E-state index >= 15 is 4.39 Å². The number of nitrogens with zero attached hydrogens (tertiary/aromatic N) is 6. The van der Waals surface area contributed by atoms with Gasteiger partial charge in [0.25, 0.3) is 5.91 Å².